The van der Waals surface area contributed by atoms with Crippen molar-refractivity contribution in [2.45, 2.75) is 25.7 Å². The molecule has 0 fully saturated rings. The maximum atomic E-state index is 13.7. The summed E-state index contributed by atoms with van der Waals surface area (Å²) in [6.45, 7) is 5.49. The van der Waals surface area contributed by atoms with Gasteiger partial charge in [0, 0.05) is 61.1 Å². The van der Waals surface area contributed by atoms with Crippen LogP contribution in [0.15, 0.2) is 54.7 Å². The standard InChI is InChI=1S/C25H28FN3/c26-21-8-9-24-22(17-21)23(18-27-24)19-10-15-28(16-11-19)12-4-14-29-13-3-6-20-5-1-2-7-25(20)29/h1-2,5,7-10,17-18,27H,3-4,6,11-16H2. The molecule has 2 aliphatic heterocycles. The van der Waals surface area contributed by atoms with Crippen molar-refractivity contribution in [2.75, 3.05) is 37.6 Å². The summed E-state index contributed by atoms with van der Waals surface area (Å²) < 4.78 is 13.7. The Balaban J connectivity index is 1.18. The Hall–Kier alpha value is -2.59. The third-order valence-corrected chi connectivity index (χ3v) is 6.39. The Morgan fingerprint density at radius 2 is 1.93 bits per heavy atom. The summed E-state index contributed by atoms with van der Waals surface area (Å²) in [4.78, 5) is 8.37. The Kier molecular flexibility index (Phi) is 5.11. The first-order chi connectivity index (χ1) is 14.3. The summed E-state index contributed by atoms with van der Waals surface area (Å²) in [7, 11) is 0. The molecule has 150 valence electrons. The van der Waals surface area contributed by atoms with Gasteiger partial charge in [0.25, 0.3) is 0 Å². The van der Waals surface area contributed by atoms with Crippen LogP contribution in [-0.4, -0.2) is 42.6 Å². The molecule has 0 atom stereocenters. The van der Waals surface area contributed by atoms with Gasteiger partial charge >= 0.3 is 0 Å². The first-order valence-electron chi connectivity index (χ1n) is 10.8. The molecular formula is C25H28FN3. The van der Waals surface area contributed by atoms with Crippen LogP contribution in [0.5, 0.6) is 0 Å². The number of nitrogens with zero attached hydrogens (tertiary/aromatic N) is 2. The van der Waals surface area contributed by atoms with Gasteiger partial charge in [-0.2, -0.15) is 0 Å². The summed E-state index contributed by atoms with van der Waals surface area (Å²) in [6, 6.07) is 13.8. The molecule has 0 spiro atoms. The number of anilines is 1. The summed E-state index contributed by atoms with van der Waals surface area (Å²) >= 11 is 0. The molecular weight excluding hydrogens is 361 g/mol. The molecule has 29 heavy (non-hydrogen) atoms. The first kappa shape index (κ1) is 18.4. The highest BCUT2D eigenvalue weighted by Gasteiger charge is 2.18. The van der Waals surface area contributed by atoms with Gasteiger partial charge in [0.05, 0.1) is 0 Å². The lowest BCUT2D eigenvalue weighted by atomic mass is 9.98. The summed E-state index contributed by atoms with van der Waals surface area (Å²) in [6.07, 6.45) is 9.04. The van der Waals surface area contributed by atoms with Crippen molar-refractivity contribution in [2.24, 2.45) is 0 Å². The Morgan fingerprint density at radius 1 is 1.00 bits per heavy atom. The zero-order valence-electron chi connectivity index (χ0n) is 16.8. The number of benzene rings is 2. The highest BCUT2D eigenvalue weighted by atomic mass is 19.1. The molecule has 0 bridgehead atoms. The molecule has 0 aliphatic carbocycles. The largest absolute Gasteiger partial charge is 0.371 e. The molecule has 5 rings (SSSR count). The molecule has 2 aromatic carbocycles. The average molecular weight is 390 g/mol. The van der Waals surface area contributed by atoms with Gasteiger partial charge in [-0.25, -0.2) is 4.39 Å². The number of hydrogen-bond donors (Lipinski definition) is 1. The predicted octanol–water partition coefficient (Wildman–Crippen LogP) is 5.24. The average Bonchev–Trinajstić information content (AvgIpc) is 3.17. The SMILES string of the molecule is Fc1ccc2[nH]cc(C3=CCN(CCCN4CCCc5ccccc54)CC3)c2c1. The lowest BCUT2D eigenvalue weighted by molar-refractivity contribution is 0.298. The molecule has 3 nitrogen and oxygen atoms in total. The van der Waals surface area contributed by atoms with Crippen LogP contribution >= 0.6 is 0 Å². The zero-order chi connectivity index (χ0) is 19.6. The van der Waals surface area contributed by atoms with E-state index in [2.05, 4.69) is 45.1 Å². The fraction of sp³-hybridized carbons (Fsp3) is 0.360. The van der Waals surface area contributed by atoms with E-state index in [1.165, 1.54) is 48.7 Å². The third kappa shape index (κ3) is 3.82. The molecule has 0 amide bonds. The summed E-state index contributed by atoms with van der Waals surface area (Å²) in [5.41, 5.74) is 6.43. The maximum absolute atomic E-state index is 13.7. The second kappa shape index (κ2) is 8.03. The summed E-state index contributed by atoms with van der Waals surface area (Å²) in [5.74, 6) is -0.171. The van der Waals surface area contributed by atoms with E-state index >= 15 is 0 Å². The van der Waals surface area contributed by atoms with Crippen molar-refractivity contribution in [1.82, 2.24) is 9.88 Å². The Labute approximate surface area is 171 Å². The molecule has 0 radical (unpaired) electrons. The minimum Gasteiger partial charge on any atom is -0.371 e. The number of rotatable bonds is 5. The third-order valence-electron chi connectivity index (χ3n) is 6.39. The zero-order valence-corrected chi connectivity index (χ0v) is 16.8. The van der Waals surface area contributed by atoms with Crippen molar-refractivity contribution in [3.8, 4) is 0 Å². The van der Waals surface area contributed by atoms with Gasteiger partial charge in [-0.3, -0.25) is 4.90 Å². The number of H-pyrrole nitrogens is 1. The van der Waals surface area contributed by atoms with E-state index in [1.54, 1.807) is 6.07 Å². The fourth-order valence-corrected chi connectivity index (χ4v) is 4.85. The van der Waals surface area contributed by atoms with Gasteiger partial charge in [-0.15, -0.1) is 0 Å². The van der Waals surface area contributed by atoms with E-state index in [4.69, 9.17) is 0 Å². The smallest absolute Gasteiger partial charge is 0.123 e. The van der Waals surface area contributed by atoms with Crippen LogP contribution in [-0.2, 0) is 6.42 Å². The number of aromatic nitrogens is 1. The molecule has 1 aromatic heterocycles. The number of halogens is 1. The number of nitrogens with one attached hydrogen (secondary N) is 1. The van der Waals surface area contributed by atoms with Crippen molar-refractivity contribution < 1.29 is 4.39 Å². The van der Waals surface area contributed by atoms with Gasteiger partial charge in [0.2, 0.25) is 0 Å². The maximum Gasteiger partial charge on any atom is 0.123 e. The molecule has 4 heteroatoms. The summed E-state index contributed by atoms with van der Waals surface area (Å²) in [5, 5.41) is 0.994. The molecule has 0 saturated heterocycles. The van der Waals surface area contributed by atoms with E-state index in [9.17, 15) is 4.39 Å². The lowest BCUT2D eigenvalue weighted by Crippen LogP contribution is -2.34. The van der Waals surface area contributed by atoms with Gasteiger partial charge < -0.3 is 9.88 Å². The van der Waals surface area contributed by atoms with Crippen LogP contribution in [0.25, 0.3) is 16.5 Å². The molecule has 3 heterocycles. The molecule has 0 saturated carbocycles. The van der Waals surface area contributed by atoms with Gasteiger partial charge in [-0.05, 0) is 61.1 Å². The van der Waals surface area contributed by atoms with E-state index in [0.717, 1.165) is 49.1 Å². The van der Waals surface area contributed by atoms with Crippen molar-refractivity contribution >= 4 is 22.2 Å². The fourth-order valence-electron chi connectivity index (χ4n) is 4.85. The van der Waals surface area contributed by atoms with Crippen LogP contribution in [0.2, 0.25) is 0 Å². The number of para-hydroxylation sites is 1. The van der Waals surface area contributed by atoms with Crippen LogP contribution in [0.1, 0.15) is 30.4 Å². The highest BCUT2D eigenvalue weighted by molar-refractivity contribution is 5.92. The van der Waals surface area contributed by atoms with Crippen LogP contribution < -0.4 is 4.90 Å². The number of aromatic amines is 1. The Bertz CT molecular complexity index is 1040. The number of fused-ring (bicyclic) bond motifs is 2. The minimum atomic E-state index is -0.171. The van der Waals surface area contributed by atoms with Crippen LogP contribution in [0, 0.1) is 5.82 Å². The molecule has 1 N–H and O–H groups in total. The van der Waals surface area contributed by atoms with Crippen molar-refractivity contribution in [1.29, 1.82) is 0 Å². The quantitative estimate of drug-likeness (QED) is 0.645. The van der Waals surface area contributed by atoms with Crippen molar-refractivity contribution in [3.05, 3.63) is 71.7 Å². The lowest BCUT2D eigenvalue weighted by Gasteiger charge is -2.32. The Morgan fingerprint density at radius 3 is 2.83 bits per heavy atom. The molecule has 2 aliphatic rings. The van der Waals surface area contributed by atoms with Gasteiger partial charge in [0.15, 0.2) is 0 Å². The van der Waals surface area contributed by atoms with Gasteiger partial charge in [0.1, 0.15) is 5.82 Å². The van der Waals surface area contributed by atoms with E-state index in [0.29, 0.717) is 0 Å². The monoisotopic (exact) mass is 389 g/mol. The van der Waals surface area contributed by atoms with E-state index < -0.39 is 0 Å². The minimum absolute atomic E-state index is 0.171. The van der Waals surface area contributed by atoms with Gasteiger partial charge in [-0.1, -0.05) is 24.3 Å². The van der Waals surface area contributed by atoms with Crippen LogP contribution in [0.4, 0.5) is 10.1 Å². The van der Waals surface area contributed by atoms with Crippen molar-refractivity contribution in [3.63, 3.8) is 0 Å². The van der Waals surface area contributed by atoms with Crippen LogP contribution in [0.3, 0.4) is 0 Å². The molecule has 0 unspecified atom stereocenters. The molecule has 3 aromatic rings. The second-order valence-corrected chi connectivity index (χ2v) is 8.25. The second-order valence-electron chi connectivity index (χ2n) is 8.25. The van der Waals surface area contributed by atoms with E-state index in [1.807, 2.05) is 12.3 Å². The predicted molar refractivity (Wildman–Crippen MR) is 119 cm³/mol. The van der Waals surface area contributed by atoms with E-state index in [-0.39, 0.29) is 5.82 Å². The normalized spacial score (nSPS) is 17.4. The topological polar surface area (TPSA) is 22.3 Å². The number of hydrogen-bond acceptors (Lipinski definition) is 2. The first-order valence-corrected chi connectivity index (χ1v) is 10.8. The highest BCUT2D eigenvalue weighted by Crippen LogP contribution is 2.30. The number of aryl methyl sites for hydroxylation is 1.